The van der Waals surface area contributed by atoms with Gasteiger partial charge in [0.25, 0.3) is 0 Å². The van der Waals surface area contributed by atoms with E-state index in [2.05, 4.69) is 4.98 Å². The zero-order chi connectivity index (χ0) is 15.6. The molecule has 110 valence electrons. The monoisotopic (exact) mass is 291 g/mol. The molecule has 0 aliphatic heterocycles. The molecule has 2 rings (SSSR count). The number of aromatic nitrogens is 1. The molecule has 1 heterocycles. The molecule has 3 N–H and O–H groups in total. The summed E-state index contributed by atoms with van der Waals surface area (Å²) in [7, 11) is 0. The molecule has 6 heteroatoms. The molecule has 21 heavy (non-hydrogen) atoms. The van der Waals surface area contributed by atoms with Gasteiger partial charge in [0.05, 0.1) is 5.69 Å². The van der Waals surface area contributed by atoms with E-state index < -0.39 is 23.2 Å². The fourth-order valence-corrected chi connectivity index (χ4v) is 1.87. The van der Waals surface area contributed by atoms with Gasteiger partial charge in [0.15, 0.2) is 17.4 Å². The van der Waals surface area contributed by atoms with Crippen molar-refractivity contribution in [1.82, 2.24) is 4.98 Å². The lowest BCUT2D eigenvalue weighted by atomic mass is 10.2. The molecule has 0 spiro atoms. The standard InChI is InChI=1S/C15H15F2N3O/c1-3-12-13(5-4-8(2)20-12)21-14-10(16)6-9(15(18)19)7-11(14)17/h4-7H,3H2,1-2H3,(H3,18,19). The van der Waals surface area contributed by atoms with E-state index >= 15 is 0 Å². The summed E-state index contributed by atoms with van der Waals surface area (Å²) in [4.78, 5) is 4.27. The number of rotatable bonds is 4. The molecule has 0 atom stereocenters. The Morgan fingerprint density at radius 1 is 1.29 bits per heavy atom. The van der Waals surface area contributed by atoms with E-state index in [1.54, 1.807) is 12.1 Å². The first kappa shape index (κ1) is 14.9. The molecule has 0 aliphatic carbocycles. The van der Waals surface area contributed by atoms with Crippen LogP contribution in [0.2, 0.25) is 0 Å². The third-order valence-corrected chi connectivity index (χ3v) is 2.93. The lowest BCUT2D eigenvalue weighted by molar-refractivity contribution is 0.402. The highest BCUT2D eigenvalue weighted by Gasteiger charge is 2.16. The van der Waals surface area contributed by atoms with Crippen molar-refractivity contribution in [2.75, 3.05) is 0 Å². The van der Waals surface area contributed by atoms with Gasteiger partial charge in [-0.1, -0.05) is 6.92 Å². The first-order valence-electron chi connectivity index (χ1n) is 6.40. The predicted molar refractivity (Wildman–Crippen MR) is 75.8 cm³/mol. The minimum Gasteiger partial charge on any atom is -0.449 e. The van der Waals surface area contributed by atoms with Gasteiger partial charge >= 0.3 is 0 Å². The van der Waals surface area contributed by atoms with Gasteiger partial charge in [-0.2, -0.15) is 0 Å². The Bertz CT molecular complexity index is 678. The van der Waals surface area contributed by atoms with E-state index in [1.807, 2.05) is 13.8 Å². The summed E-state index contributed by atoms with van der Waals surface area (Å²) in [5.41, 5.74) is 6.60. The highest BCUT2D eigenvalue weighted by atomic mass is 19.1. The quantitative estimate of drug-likeness (QED) is 0.670. The fraction of sp³-hybridized carbons (Fsp3) is 0.200. The number of nitrogens with one attached hydrogen (secondary N) is 1. The summed E-state index contributed by atoms with van der Waals surface area (Å²) >= 11 is 0. The van der Waals surface area contributed by atoms with Gasteiger partial charge in [-0.25, -0.2) is 8.78 Å². The largest absolute Gasteiger partial charge is 0.449 e. The third-order valence-electron chi connectivity index (χ3n) is 2.93. The third kappa shape index (κ3) is 3.16. The molecule has 0 unspecified atom stereocenters. The molecule has 0 saturated carbocycles. The molecule has 0 radical (unpaired) electrons. The van der Waals surface area contributed by atoms with Gasteiger partial charge < -0.3 is 10.5 Å². The summed E-state index contributed by atoms with van der Waals surface area (Å²) < 4.78 is 33.2. The number of hydrogen-bond acceptors (Lipinski definition) is 3. The second-order valence-electron chi connectivity index (χ2n) is 4.54. The van der Waals surface area contributed by atoms with Crippen molar-refractivity contribution in [2.45, 2.75) is 20.3 Å². The summed E-state index contributed by atoms with van der Waals surface area (Å²) in [6.45, 7) is 3.70. The average Bonchev–Trinajstić information content (AvgIpc) is 2.43. The van der Waals surface area contributed by atoms with Crippen molar-refractivity contribution < 1.29 is 13.5 Å². The molecule has 4 nitrogen and oxygen atoms in total. The van der Waals surface area contributed by atoms with Crippen molar-refractivity contribution in [2.24, 2.45) is 5.73 Å². The topological polar surface area (TPSA) is 72.0 Å². The molecular weight excluding hydrogens is 276 g/mol. The molecule has 1 aromatic heterocycles. The van der Waals surface area contributed by atoms with E-state index in [-0.39, 0.29) is 5.56 Å². The van der Waals surface area contributed by atoms with Gasteiger partial charge in [0, 0.05) is 11.3 Å². The maximum Gasteiger partial charge on any atom is 0.198 e. The Hall–Kier alpha value is -2.50. The van der Waals surface area contributed by atoms with Crippen molar-refractivity contribution >= 4 is 5.84 Å². The lowest BCUT2D eigenvalue weighted by Crippen LogP contribution is -2.12. The normalized spacial score (nSPS) is 10.5. The van der Waals surface area contributed by atoms with Crippen LogP contribution in [0.4, 0.5) is 8.78 Å². The smallest absolute Gasteiger partial charge is 0.198 e. The van der Waals surface area contributed by atoms with Crippen molar-refractivity contribution in [1.29, 1.82) is 5.41 Å². The van der Waals surface area contributed by atoms with Crippen LogP contribution in [-0.4, -0.2) is 10.8 Å². The first-order valence-corrected chi connectivity index (χ1v) is 6.40. The van der Waals surface area contributed by atoms with Crippen molar-refractivity contribution in [3.05, 3.63) is 52.9 Å². The second kappa shape index (κ2) is 5.87. The van der Waals surface area contributed by atoms with Crippen LogP contribution in [0.3, 0.4) is 0 Å². The first-order chi connectivity index (χ1) is 9.92. The number of hydrogen-bond donors (Lipinski definition) is 2. The second-order valence-corrected chi connectivity index (χ2v) is 4.54. The van der Waals surface area contributed by atoms with Crippen LogP contribution < -0.4 is 10.5 Å². The minimum absolute atomic E-state index is 0.0323. The van der Waals surface area contributed by atoms with Gasteiger partial charge in [-0.05, 0) is 37.6 Å². The molecule has 0 aliphatic rings. The number of halogens is 2. The summed E-state index contributed by atoms with van der Waals surface area (Å²) in [6.07, 6.45) is 0.575. The molecule has 0 bridgehead atoms. The molecule has 0 amide bonds. The molecule has 2 aromatic rings. The van der Waals surface area contributed by atoms with Gasteiger partial charge in [0.1, 0.15) is 11.6 Å². The van der Waals surface area contributed by atoms with Crippen molar-refractivity contribution in [3.63, 3.8) is 0 Å². The van der Waals surface area contributed by atoms with Crippen LogP contribution >= 0.6 is 0 Å². The number of nitrogens with zero attached hydrogens (tertiary/aromatic N) is 1. The maximum absolute atomic E-state index is 13.9. The predicted octanol–water partition coefficient (Wildman–Crippen LogP) is 3.31. The van der Waals surface area contributed by atoms with Crippen LogP contribution in [0.15, 0.2) is 24.3 Å². The van der Waals surface area contributed by atoms with Crippen LogP contribution in [-0.2, 0) is 6.42 Å². The summed E-state index contributed by atoms with van der Waals surface area (Å²) in [5, 5.41) is 7.20. The van der Waals surface area contributed by atoms with E-state index in [0.29, 0.717) is 17.9 Å². The molecular formula is C15H15F2N3O. The van der Waals surface area contributed by atoms with E-state index in [4.69, 9.17) is 15.9 Å². The number of benzene rings is 1. The van der Waals surface area contributed by atoms with Crippen LogP contribution in [0.25, 0.3) is 0 Å². The van der Waals surface area contributed by atoms with Gasteiger partial charge in [0.2, 0.25) is 0 Å². The number of nitrogen functional groups attached to an aromatic ring is 1. The lowest BCUT2D eigenvalue weighted by Gasteiger charge is -2.12. The number of amidine groups is 1. The van der Waals surface area contributed by atoms with Crippen LogP contribution in [0.1, 0.15) is 23.9 Å². The summed E-state index contributed by atoms with van der Waals surface area (Å²) in [6, 6.07) is 5.26. The van der Waals surface area contributed by atoms with E-state index in [0.717, 1.165) is 17.8 Å². The zero-order valence-electron chi connectivity index (χ0n) is 11.7. The Labute approximate surface area is 121 Å². The molecule has 0 saturated heterocycles. The van der Waals surface area contributed by atoms with Crippen LogP contribution in [0.5, 0.6) is 11.5 Å². The average molecular weight is 291 g/mol. The fourth-order valence-electron chi connectivity index (χ4n) is 1.87. The van der Waals surface area contributed by atoms with Gasteiger partial charge in [-0.3, -0.25) is 10.4 Å². The van der Waals surface area contributed by atoms with Gasteiger partial charge in [-0.15, -0.1) is 0 Å². The van der Waals surface area contributed by atoms with Crippen molar-refractivity contribution in [3.8, 4) is 11.5 Å². The van der Waals surface area contributed by atoms with E-state index in [9.17, 15) is 8.78 Å². The minimum atomic E-state index is -0.914. The highest BCUT2D eigenvalue weighted by Crippen LogP contribution is 2.30. The Morgan fingerprint density at radius 3 is 2.43 bits per heavy atom. The molecule has 0 fully saturated rings. The summed E-state index contributed by atoms with van der Waals surface area (Å²) in [5.74, 6) is -2.46. The SMILES string of the molecule is CCc1nc(C)ccc1Oc1c(F)cc(C(=N)N)cc1F. The Morgan fingerprint density at radius 2 is 1.90 bits per heavy atom. The number of pyridine rings is 1. The molecule has 1 aromatic carbocycles. The number of aryl methyl sites for hydroxylation is 2. The highest BCUT2D eigenvalue weighted by molar-refractivity contribution is 5.95. The Kier molecular flexibility index (Phi) is 4.16. The Balaban J connectivity index is 2.43. The maximum atomic E-state index is 13.9. The van der Waals surface area contributed by atoms with E-state index in [1.165, 1.54) is 0 Å². The van der Waals surface area contributed by atoms with Crippen LogP contribution in [0, 0.1) is 24.0 Å². The number of nitrogens with two attached hydrogens (primary N) is 1. The number of ether oxygens (including phenoxy) is 1. The zero-order valence-corrected chi connectivity index (χ0v) is 11.7.